The Morgan fingerprint density at radius 2 is 2.06 bits per heavy atom. The zero-order chi connectivity index (χ0) is 13.3. The van der Waals surface area contributed by atoms with Gasteiger partial charge >= 0.3 is 0 Å². The van der Waals surface area contributed by atoms with Crippen LogP contribution < -0.4 is 5.73 Å². The van der Waals surface area contributed by atoms with Crippen LogP contribution in [0.2, 0.25) is 10.0 Å². The third kappa shape index (κ3) is 2.51. The number of benzene rings is 1. The van der Waals surface area contributed by atoms with Gasteiger partial charge in [-0.25, -0.2) is 13.5 Å². The van der Waals surface area contributed by atoms with Crippen LogP contribution in [-0.2, 0) is 6.54 Å². The maximum absolute atomic E-state index is 12.4. The number of aromatic nitrogens is 4. The molecule has 0 saturated heterocycles. The molecule has 0 saturated carbocycles. The van der Waals surface area contributed by atoms with Gasteiger partial charge in [0.25, 0.3) is 6.43 Å². The Morgan fingerprint density at radius 1 is 1.33 bits per heavy atom. The molecule has 5 nitrogen and oxygen atoms in total. The van der Waals surface area contributed by atoms with Crippen molar-refractivity contribution in [1.29, 1.82) is 0 Å². The van der Waals surface area contributed by atoms with Gasteiger partial charge in [0.2, 0.25) is 0 Å². The van der Waals surface area contributed by atoms with Crippen LogP contribution in [0.4, 0.5) is 14.5 Å². The highest BCUT2D eigenvalue weighted by Gasteiger charge is 2.17. The van der Waals surface area contributed by atoms with E-state index in [0.717, 1.165) is 4.68 Å². The number of tetrazole rings is 1. The molecule has 0 aliphatic heterocycles. The fourth-order valence-corrected chi connectivity index (χ4v) is 1.85. The molecule has 0 atom stereocenters. The van der Waals surface area contributed by atoms with Crippen LogP contribution in [0, 0.1) is 0 Å². The Morgan fingerprint density at radius 3 is 2.72 bits per heavy atom. The lowest BCUT2D eigenvalue weighted by molar-refractivity contribution is 0.121. The first-order valence-electron chi connectivity index (χ1n) is 4.78. The number of anilines is 1. The smallest absolute Gasteiger partial charge is 0.258 e. The van der Waals surface area contributed by atoms with E-state index in [0.29, 0.717) is 11.3 Å². The van der Waals surface area contributed by atoms with Gasteiger partial charge in [-0.2, -0.15) is 0 Å². The molecule has 0 aliphatic rings. The number of nitrogens with two attached hydrogens (primary N) is 1. The highest BCUT2D eigenvalue weighted by molar-refractivity contribution is 6.43. The predicted octanol–water partition coefficient (Wildman–Crippen LogP) is 2.49. The molecule has 0 radical (unpaired) electrons. The van der Waals surface area contributed by atoms with Gasteiger partial charge in [0.1, 0.15) is 6.54 Å². The van der Waals surface area contributed by atoms with E-state index in [9.17, 15) is 8.78 Å². The van der Waals surface area contributed by atoms with Gasteiger partial charge in [-0.3, -0.25) is 0 Å². The number of halogens is 4. The lowest BCUT2D eigenvalue weighted by Crippen LogP contribution is -2.10. The fourth-order valence-electron chi connectivity index (χ4n) is 1.42. The van der Waals surface area contributed by atoms with Crippen molar-refractivity contribution < 1.29 is 8.78 Å². The van der Waals surface area contributed by atoms with Gasteiger partial charge in [-0.05, 0) is 22.6 Å². The first-order valence-corrected chi connectivity index (χ1v) is 5.54. The van der Waals surface area contributed by atoms with Crippen molar-refractivity contribution in [3.05, 3.63) is 22.2 Å². The van der Waals surface area contributed by atoms with E-state index in [-0.39, 0.29) is 15.9 Å². The second kappa shape index (κ2) is 5.03. The summed E-state index contributed by atoms with van der Waals surface area (Å²) < 4.78 is 25.7. The molecular formula is C9H7Cl2F2N5. The molecular weight excluding hydrogens is 287 g/mol. The molecule has 1 aromatic carbocycles. The zero-order valence-corrected chi connectivity index (χ0v) is 10.3. The summed E-state index contributed by atoms with van der Waals surface area (Å²) in [5.41, 5.74) is 6.27. The maximum Gasteiger partial charge on any atom is 0.258 e. The first-order chi connectivity index (χ1) is 8.49. The molecule has 2 aromatic rings. The van der Waals surface area contributed by atoms with E-state index in [4.69, 9.17) is 28.9 Å². The van der Waals surface area contributed by atoms with E-state index in [2.05, 4.69) is 15.5 Å². The summed E-state index contributed by atoms with van der Waals surface area (Å²) in [7, 11) is 0. The van der Waals surface area contributed by atoms with Crippen LogP contribution in [0.1, 0.15) is 0 Å². The average Bonchev–Trinajstić information content (AvgIpc) is 2.70. The molecule has 18 heavy (non-hydrogen) atoms. The van der Waals surface area contributed by atoms with E-state index >= 15 is 0 Å². The molecule has 96 valence electrons. The highest BCUT2D eigenvalue weighted by Crippen LogP contribution is 2.34. The summed E-state index contributed by atoms with van der Waals surface area (Å²) in [4.78, 5) is 0. The second-order valence-electron chi connectivity index (χ2n) is 3.44. The lowest BCUT2D eigenvalue weighted by atomic mass is 10.2. The molecule has 2 N–H and O–H groups in total. The second-order valence-corrected chi connectivity index (χ2v) is 4.23. The maximum atomic E-state index is 12.4. The molecule has 2 rings (SSSR count). The van der Waals surface area contributed by atoms with Gasteiger partial charge in [0.15, 0.2) is 5.82 Å². The Hall–Kier alpha value is -1.47. The Kier molecular flexibility index (Phi) is 3.63. The van der Waals surface area contributed by atoms with Crippen LogP contribution >= 0.6 is 23.2 Å². The van der Waals surface area contributed by atoms with Gasteiger partial charge in [0.05, 0.1) is 10.0 Å². The molecule has 0 fully saturated rings. The number of alkyl halides is 2. The van der Waals surface area contributed by atoms with Crippen molar-refractivity contribution in [3.8, 4) is 11.4 Å². The summed E-state index contributed by atoms with van der Waals surface area (Å²) in [5.74, 6) is 0.0921. The van der Waals surface area contributed by atoms with Crippen molar-refractivity contribution in [2.75, 3.05) is 5.73 Å². The van der Waals surface area contributed by atoms with Crippen molar-refractivity contribution in [1.82, 2.24) is 20.2 Å². The Labute approximate surface area is 110 Å². The van der Waals surface area contributed by atoms with Gasteiger partial charge in [-0.15, -0.1) is 5.10 Å². The standard InChI is InChI=1S/C9H7Cl2F2N5/c10-6-2-4(14)1-5(8(6)11)9-15-16-17-18(9)3-7(12)13/h1-2,7H,3,14H2. The van der Waals surface area contributed by atoms with E-state index < -0.39 is 13.0 Å². The van der Waals surface area contributed by atoms with Gasteiger partial charge < -0.3 is 5.73 Å². The SMILES string of the molecule is Nc1cc(Cl)c(Cl)c(-c2nnnn2CC(F)F)c1. The minimum atomic E-state index is -2.58. The number of nitrogen functional groups attached to an aromatic ring is 1. The topological polar surface area (TPSA) is 69.6 Å². The van der Waals surface area contributed by atoms with Crippen molar-refractivity contribution in [2.24, 2.45) is 0 Å². The molecule has 0 spiro atoms. The van der Waals surface area contributed by atoms with Crippen LogP contribution in [0.5, 0.6) is 0 Å². The summed E-state index contributed by atoms with van der Waals surface area (Å²) in [6, 6.07) is 2.93. The monoisotopic (exact) mass is 293 g/mol. The van der Waals surface area contributed by atoms with Gasteiger partial charge in [0, 0.05) is 11.3 Å². The number of rotatable bonds is 3. The third-order valence-corrected chi connectivity index (χ3v) is 2.94. The van der Waals surface area contributed by atoms with Crippen LogP contribution in [0.3, 0.4) is 0 Å². The predicted molar refractivity (Wildman–Crippen MR) is 63.7 cm³/mol. The summed E-state index contributed by atoms with van der Waals surface area (Å²) >= 11 is 11.8. The highest BCUT2D eigenvalue weighted by atomic mass is 35.5. The van der Waals surface area contributed by atoms with Crippen LogP contribution in [0.15, 0.2) is 12.1 Å². The quantitative estimate of drug-likeness (QED) is 0.883. The first kappa shape index (κ1) is 13.0. The van der Waals surface area contributed by atoms with Gasteiger partial charge in [-0.1, -0.05) is 23.2 Å². The van der Waals surface area contributed by atoms with Crippen LogP contribution in [-0.4, -0.2) is 26.6 Å². The number of hydrogen-bond donors (Lipinski definition) is 1. The normalized spacial score (nSPS) is 11.2. The molecule has 0 unspecified atom stereocenters. The van der Waals surface area contributed by atoms with Crippen LogP contribution in [0.25, 0.3) is 11.4 Å². The fraction of sp³-hybridized carbons (Fsp3) is 0.222. The Balaban J connectivity index is 2.52. The average molecular weight is 294 g/mol. The zero-order valence-electron chi connectivity index (χ0n) is 8.82. The van der Waals surface area contributed by atoms with E-state index in [1.807, 2.05) is 0 Å². The van der Waals surface area contributed by atoms with Crippen molar-refractivity contribution >= 4 is 28.9 Å². The third-order valence-electron chi connectivity index (χ3n) is 2.13. The molecule has 9 heteroatoms. The molecule has 1 aromatic heterocycles. The van der Waals surface area contributed by atoms with E-state index in [1.54, 1.807) is 0 Å². The number of hydrogen-bond acceptors (Lipinski definition) is 4. The summed E-state index contributed by atoms with van der Waals surface area (Å²) in [5, 5.41) is 10.8. The minimum absolute atomic E-state index is 0.0921. The minimum Gasteiger partial charge on any atom is -0.399 e. The van der Waals surface area contributed by atoms with E-state index in [1.165, 1.54) is 12.1 Å². The largest absolute Gasteiger partial charge is 0.399 e. The molecule has 0 amide bonds. The Bertz CT molecular complexity index is 572. The molecule has 0 aliphatic carbocycles. The summed E-state index contributed by atoms with van der Waals surface area (Å²) in [6.45, 7) is -0.634. The van der Waals surface area contributed by atoms with Crippen molar-refractivity contribution in [3.63, 3.8) is 0 Å². The lowest BCUT2D eigenvalue weighted by Gasteiger charge is -2.07. The molecule has 1 heterocycles. The summed E-state index contributed by atoms with van der Waals surface area (Å²) in [6.07, 6.45) is -2.58. The molecule has 0 bridgehead atoms. The number of nitrogens with zero attached hydrogens (tertiary/aromatic N) is 4. The van der Waals surface area contributed by atoms with Crippen molar-refractivity contribution in [2.45, 2.75) is 13.0 Å².